The van der Waals surface area contributed by atoms with Gasteiger partial charge < -0.3 is 14.2 Å². The van der Waals surface area contributed by atoms with Crippen LogP contribution >= 0.6 is 0 Å². The third-order valence-electron chi connectivity index (χ3n) is 3.45. The number of benzene rings is 2. The summed E-state index contributed by atoms with van der Waals surface area (Å²) in [6, 6.07) is 20.5. The van der Waals surface area contributed by atoms with Gasteiger partial charge in [-0.3, -0.25) is 0 Å². The SMILES string of the molecule is COC(=O)c1ccc(Oc2ccc(OCc3ccccc3)cc2)nc1. The Labute approximate surface area is 145 Å². The third kappa shape index (κ3) is 4.57. The quantitative estimate of drug-likeness (QED) is 0.631. The van der Waals surface area contributed by atoms with E-state index in [1.165, 1.54) is 13.3 Å². The van der Waals surface area contributed by atoms with Gasteiger partial charge in [0.25, 0.3) is 0 Å². The molecule has 0 radical (unpaired) electrons. The molecule has 126 valence electrons. The minimum atomic E-state index is -0.432. The number of nitrogens with zero attached hydrogens (tertiary/aromatic N) is 1. The molecule has 3 rings (SSSR count). The number of esters is 1. The van der Waals surface area contributed by atoms with Crippen LogP contribution < -0.4 is 9.47 Å². The maximum atomic E-state index is 11.4. The lowest BCUT2D eigenvalue weighted by Gasteiger charge is -2.08. The standard InChI is InChI=1S/C20H17NO4/c1-23-20(22)16-7-12-19(21-13-16)25-18-10-8-17(9-11-18)24-14-15-5-3-2-4-6-15/h2-13H,14H2,1H3. The van der Waals surface area contributed by atoms with Gasteiger partial charge in [0.2, 0.25) is 5.88 Å². The van der Waals surface area contributed by atoms with Crippen LogP contribution in [0.15, 0.2) is 72.9 Å². The van der Waals surface area contributed by atoms with Gasteiger partial charge >= 0.3 is 5.97 Å². The first kappa shape index (κ1) is 16.5. The zero-order valence-corrected chi connectivity index (χ0v) is 13.7. The van der Waals surface area contributed by atoms with Crippen molar-refractivity contribution in [3.63, 3.8) is 0 Å². The molecule has 5 nitrogen and oxygen atoms in total. The minimum absolute atomic E-state index is 0.375. The fraction of sp³-hybridized carbons (Fsp3) is 0.100. The van der Waals surface area contributed by atoms with Gasteiger partial charge in [-0.1, -0.05) is 30.3 Å². The van der Waals surface area contributed by atoms with Gasteiger partial charge in [-0.15, -0.1) is 0 Å². The van der Waals surface area contributed by atoms with E-state index in [2.05, 4.69) is 9.72 Å². The summed E-state index contributed by atoms with van der Waals surface area (Å²) in [6.07, 6.45) is 1.42. The Balaban J connectivity index is 1.58. The van der Waals surface area contributed by atoms with Gasteiger partial charge in [0, 0.05) is 12.3 Å². The normalized spacial score (nSPS) is 10.1. The van der Waals surface area contributed by atoms with E-state index in [4.69, 9.17) is 9.47 Å². The number of methoxy groups -OCH3 is 1. The van der Waals surface area contributed by atoms with Crippen LogP contribution in [-0.4, -0.2) is 18.1 Å². The van der Waals surface area contributed by atoms with Crippen molar-refractivity contribution >= 4 is 5.97 Å². The molecule has 1 aromatic heterocycles. The van der Waals surface area contributed by atoms with Crippen LogP contribution in [0.1, 0.15) is 15.9 Å². The van der Waals surface area contributed by atoms with Crippen molar-refractivity contribution in [2.45, 2.75) is 6.61 Å². The van der Waals surface area contributed by atoms with Crippen molar-refractivity contribution in [3.8, 4) is 17.4 Å². The third-order valence-corrected chi connectivity index (χ3v) is 3.45. The molecular formula is C20H17NO4. The number of ether oxygens (including phenoxy) is 3. The second kappa shape index (κ2) is 7.97. The van der Waals surface area contributed by atoms with Crippen LogP contribution in [0.4, 0.5) is 0 Å². The van der Waals surface area contributed by atoms with E-state index >= 15 is 0 Å². The van der Waals surface area contributed by atoms with E-state index in [1.807, 2.05) is 42.5 Å². The number of rotatable bonds is 6. The highest BCUT2D eigenvalue weighted by Crippen LogP contribution is 2.23. The van der Waals surface area contributed by atoms with Crippen LogP contribution in [0.3, 0.4) is 0 Å². The molecule has 0 amide bonds. The minimum Gasteiger partial charge on any atom is -0.489 e. The molecule has 0 spiro atoms. The molecule has 0 saturated carbocycles. The molecule has 0 unspecified atom stereocenters. The average Bonchev–Trinajstić information content (AvgIpc) is 2.68. The maximum absolute atomic E-state index is 11.4. The summed E-state index contributed by atoms with van der Waals surface area (Å²) in [5.41, 5.74) is 1.48. The van der Waals surface area contributed by atoms with E-state index in [1.54, 1.807) is 24.3 Å². The van der Waals surface area contributed by atoms with Crippen molar-refractivity contribution in [2.24, 2.45) is 0 Å². The van der Waals surface area contributed by atoms with Crippen molar-refractivity contribution in [1.82, 2.24) is 4.98 Å². The Kier molecular flexibility index (Phi) is 5.26. The Morgan fingerprint density at radius 2 is 1.64 bits per heavy atom. The van der Waals surface area contributed by atoms with E-state index in [9.17, 15) is 4.79 Å². The van der Waals surface area contributed by atoms with Gasteiger partial charge in [-0.2, -0.15) is 0 Å². The topological polar surface area (TPSA) is 57.7 Å². The van der Waals surface area contributed by atoms with E-state index in [0.717, 1.165) is 11.3 Å². The van der Waals surface area contributed by atoms with Crippen LogP contribution in [-0.2, 0) is 11.3 Å². The zero-order valence-electron chi connectivity index (χ0n) is 13.7. The summed E-state index contributed by atoms with van der Waals surface area (Å²) in [5.74, 6) is 1.35. The predicted octanol–water partition coefficient (Wildman–Crippen LogP) is 4.24. The van der Waals surface area contributed by atoms with Gasteiger partial charge in [-0.05, 0) is 35.9 Å². The molecule has 0 saturated heterocycles. The summed E-state index contributed by atoms with van der Waals surface area (Å²) in [6.45, 7) is 0.511. The van der Waals surface area contributed by atoms with Crippen LogP contribution in [0.25, 0.3) is 0 Å². The zero-order chi connectivity index (χ0) is 17.5. The van der Waals surface area contributed by atoms with E-state index in [-0.39, 0.29) is 0 Å². The molecule has 0 aliphatic carbocycles. The Hall–Kier alpha value is -3.34. The predicted molar refractivity (Wildman–Crippen MR) is 92.9 cm³/mol. The number of hydrogen-bond acceptors (Lipinski definition) is 5. The fourth-order valence-electron chi connectivity index (χ4n) is 2.14. The summed E-state index contributed by atoms with van der Waals surface area (Å²) < 4.78 is 16.0. The number of carbonyl (C=O) groups is 1. The lowest BCUT2D eigenvalue weighted by atomic mass is 10.2. The molecule has 0 fully saturated rings. The monoisotopic (exact) mass is 335 g/mol. The number of hydrogen-bond donors (Lipinski definition) is 0. The first-order valence-electron chi connectivity index (χ1n) is 7.73. The lowest BCUT2D eigenvalue weighted by Crippen LogP contribution is -2.01. The molecule has 0 aliphatic rings. The van der Waals surface area contributed by atoms with E-state index in [0.29, 0.717) is 23.8 Å². The number of pyridine rings is 1. The molecule has 2 aromatic carbocycles. The second-order valence-electron chi connectivity index (χ2n) is 5.22. The summed E-state index contributed by atoms with van der Waals surface area (Å²) >= 11 is 0. The molecule has 0 N–H and O–H groups in total. The average molecular weight is 335 g/mol. The number of carbonyl (C=O) groups excluding carboxylic acids is 1. The highest BCUT2D eigenvalue weighted by molar-refractivity contribution is 5.88. The molecule has 3 aromatic rings. The summed E-state index contributed by atoms with van der Waals surface area (Å²) in [5, 5.41) is 0. The molecule has 1 heterocycles. The molecule has 5 heteroatoms. The maximum Gasteiger partial charge on any atom is 0.339 e. The molecule has 25 heavy (non-hydrogen) atoms. The molecule has 0 aliphatic heterocycles. The lowest BCUT2D eigenvalue weighted by molar-refractivity contribution is 0.0600. The Morgan fingerprint density at radius 1 is 0.920 bits per heavy atom. The Bertz CT molecular complexity index is 815. The van der Waals surface area contributed by atoms with Crippen molar-refractivity contribution in [2.75, 3.05) is 7.11 Å². The fourth-order valence-corrected chi connectivity index (χ4v) is 2.14. The van der Waals surface area contributed by atoms with Gasteiger partial charge in [0.15, 0.2) is 0 Å². The summed E-state index contributed by atoms with van der Waals surface area (Å²) in [7, 11) is 1.33. The first-order chi connectivity index (χ1) is 12.2. The second-order valence-corrected chi connectivity index (χ2v) is 5.22. The van der Waals surface area contributed by atoms with Gasteiger partial charge in [-0.25, -0.2) is 9.78 Å². The molecular weight excluding hydrogens is 318 g/mol. The van der Waals surface area contributed by atoms with Crippen LogP contribution in [0, 0.1) is 0 Å². The molecule has 0 bridgehead atoms. The van der Waals surface area contributed by atoms with Gasteiger partial charge in [0.1, 0.15) is 18.1 Å². The smallest absolute Gasteiger partial charge is 0.339 e. The van der Waals surface area contributed by atoms with E-state index < -0.39 is 5.97 Å². The Morgan fingerprint density at radius 3 is 2.28 bits per heavy atom. The first-order valence-corrected chi connectivity index (χ1v) is 7.73. The van der Waals surface area contributed by atoms with Gasteiger partial charge in [0.05, 0.1) is 12.7 Å². The molecule has 0 atom stereocenters. The van der Waals surface area contributed by atoms with Crippen molar-refractivity contribution in [3.05, 3.63) is 84.1 Å². The highest BCUT2D eigenvalue weighted by Gasteiger charge is 2.06. The van der Waals surface area contributed by atoms with Crippen molar-refractivity contribution < 1.29 is 19.0 Å². The van der Waals surface area contributed by atoms with Crippen LogP contribution in [0.5, 0.6) is 17.4 Å². The summed E-state index contributed by atoms with van der Waals surface area (Å²) in [4.78, 5) is 15.5. The van der Waals surface area contributed by atoms with Crippen LogP contribution in [0.2, 0.25) is 0 Å². The largest absolute Gasteiger partial charge is 0.489 e. The highest BCUT2D eigenvalue weighted by atomic mass is 16.5. The number of aromatic nitrogens is 1. The van der Waals surface area contributed by atoms with Crippen molar-refractivity contribution in [1.29, 1.82) is 0 Å².